The molecule has 0 unspecified atom stereocenters. The first-order chi connectivity index (χ1) is 9.38. The molecular formula is C14H10BrF4N. The van der Waals surface area contributed by atoms with Crippen molar-refractivity contribution < 1.29 is 17.6 Å². The maximum atomic E-state index is 13.4. The lowest BCUT2D eigenvalue weighted by atomic mass is 10.1. The topological polar surface area (TPSA) is 12.0 Å². The van der Waals surface area contributed by atoms with Crippen molar-refractivity contribution in [2.24, 2.45) is 0 Å². The second-order valence-electron chi connectivity index (χ2n) is 4.13. The van der Waals surface area contributed by atoms with Crippen LogP contribution in [0.2, 0.25) is 0 Å². The maximum absolute atomic E-state index is 13.4. The van der Waals surface area contributed by atoms with Gasteiger partial charge in [-0.3, -0.25) is 0 Å². The first kappa shape index (κ1) is 14.8. The molecule has 0 spiro atoms. The zero-order valence-corrected chi connectivity index (χ0v) is 11.7. The Labute approximate surface area is 121 Å². The lowest BCUT2D eigenvalue weighted by molar-refractivity contribution is -0.137. The normalized spacial score (nSPS) is 11.4. The van der Waals surface area contributed by atoms with Crippen LogP contribution < -0.4 is 5.32 Å². The fourth-order valence-corrected chi connectivity index (χ4v) is 2.10. The molecule has 20 heavy (non-hydrogen) atoms. The average molecular weight is 348 g/mol. The van der Waals surface area contributed by atoms with Crippen LogP contribution in [0, 0.1) is 5.82 Å². The van der Waals surface area contributed by atoms with E-state index in [-0.39, 0.29) is 12.2 Å². The van der Waals surface area contributed by atoms with Gasteiger partial charge in [-0.05, 0) is 24.3 Å². The molecule has 0 aliphatic rings. The summed E-state index contributed by atoms with van der Waals surface area (Å²) in [4.78, 5) is 0. The van der Waals surface area contributed by atoms with Crippen LogP contribution in [0.5, 0.6) is 0 Å². The van der Waals surface area contributed by atoms with Crippen molar-refractivity contribution in [2.45, 2.75) is 12.7 Å². The van der Waals surface area contributed by atoms with Crippen molar-refractivity contribution in [3.05, 3.63) is 63.9 Å². The molecular weight excluding hydrogens is 338 g/mol. The predicted molar refractivity (Wildman–Crippen MR) is 72.9 cm³/mol. The van der Waals surface area contributed by atoms with Gasteiger partial charge in [0, 0.05) is 22.3 Å². The number of alkyl halides is 3. The van der Waals surface area contributed by atoms with Gasteiger partial charge < -0.3 is 5.32 Å². The van der Waals surface area contributed by atoms with Gasteiger partial charge in [-0.25, -0.2) is 4.39 Å². The molecule has 0 aliphatic heterocycles. The van der Waals surface area contributed by atoms with E-state index in [2.05, 4.69) is 21.2 Å². The third-order valence-corrected chi connectivity index (χ3v) is 3.21. The van der Waals surface area contributed by atoms with Crippen LogP contribution in [0.3, 0.4) is 0 Å². The SMILES string of the molecule is Fc1ccccc1CNc1cc(Br)ccc1C(F)(F)F. The molecule has 1 nitrogen and oxygen atoms in total. The Kier molecular flexibility index (Phi) is 4.32. The number of hydrogen-bond donors (Lipinski definition) is 1. The summed E-state index contributed by atoms with van der Waals surface area (Å²) in [5, 5.41) is 2.63. The van der Waals surface area contributed by atoms with Crippen molar-refractivity contribution in [2.75, 3.05) is 5.32 Å². The highest BCUT2D eigenvalue weighted by Gasteiger charge is 2.33. The van der Waals surface area contributed by atoms with Gasteiger partial charge in [0.25, 0.3) is 0 Å². The van der Waals surface area contributed by atoms with E-state index in [9.17, 15) is 17.6 Å². The Morgan fingerprint density at radius 2 is 1.75 bits per heavy atom. The van der Waals surface area contributed by atoms with Crippen molar-refractivity contribution in [1.82, 2.24) is 0 Å². The molecule has 0 aromatic heterocycles. The molecule has 0 bridgehead atoms. The Morgan fingerprint density at radius 3 is 2.40 bits per heavy atom. The summed E-state index contributed by atoms with van der Waals surface area (Å²) >= 11 is 3.12. The van der Waals surface area contributed by atoms with Crippen LogP contribution in [0.15, 0.2) is 46.9 Å². The zero-order chi connectivity index (χ0) is 14.8. The number of anilines is 1. The third kappa shape index (κ3) is 3.50. The van der Waals surface area contributed by atoms with Crippen molar-refractivity contribution in [3.63, 3.8) is 0 Å². The van der Waals surface area contributed by atoms with E-state index in [4.69, 9.17) is 0 Å². The van der Waals surface area contributed by atoms with Gasteiger partial charge in [-0.15, -0.1) is 0 Å². The molecule has 0 amide bonds. The highest BCUT2D eigenvalue weighted by molar-refractivity contribution is 9.10. The number of benzene rings is 2. The molecule has 0 atom stereocenters. The summed E-state index contributed by atoms with van der Waals surface area (Å²) in [5.74, 6) is -0.455. The lowest BCUT2D eigenvalue weighted by Crippen LogP contribution is -2.11. The highest BCUT2D eigenvalue weighted by Crippen LogP contribution is 2.36. The molecule has 106 valence electrons. The summed E-state index contributed by atoms with van der Waals surface area (Å²) in [6.07, 6.45) is -4.46. The molecule has 2 aromatic carbocycles. The summed E-state index contributed by atoms with van der Waals surface area (Å²) < 4.78 is 52.5. The van der Waals surface area contributed by atoms with Crippen LogP contribution in [-0.4, -0.2) is 0 Å². The Bertz CT molecular complexity index is 610. The molecule has 0 radical (unpaired) electrons. The second kappa shape index (κ2) is 5.83. The Morgan fingerprint density at radius 1 is 1.05 bits per heavy atom. The van der Waals surface area contributed by atoms with Gasteiger partial charge in [0.15, 0.2) is 0 Å². The van der Waals surface area contributed by atoms with E-state index in [0.717, 1.165) is 6.07 Å². The highest BCUT2D eigenvalue weighted by atomic mass is 79.9. The van der Waals surface area contributed by atoms with Crippen LogP contribution in [-0.2, 0) is 12.7 Å². The van der Waals surface area contributed by atoms with Gasteiger partial charge in [0.05, 0.1) is 5.56 Å². The van der Waals surface area contributed by atoms with Crippen LogP contribution in [0.25, 0.3) is 0 Å². The number of rotatable bonds is 3. The average Bonchev–Trinajstić information content (AvgIpc) is 2.36. The number of nitrogens with one attached hydrogen (secondary N) is 1. The molecule has 0 saturated carbocycles. The minimum atomic E-state index is -4.46. The minimum absolute atomic E-state index is 0.0216. The monoisotopic (exact) mass is 347 g/mol. The van der Waals surface area contributed by atoms with Crippen molar-refractivity contribution >= 4 is 21.6 Å². The molecule has 2 aromatic rings. The standard InChI is InChI=1S/C14H10BrF4N/c15-10-5-6-11(14(17,18)19)13(7-10)20-8-9-3-1-2-4-12(9)16/h1-7,20H,8H2. The Hall–Kier alpha value is -1.56. The van der Waals surface area contributed by atoms with Crippen molar-refractivity contribution in [1.29, 1.82) is 0 Å². The fraction of sp³-hybridized carbons (Fsp3) is 0.143. The Balaban J connectivity index is 2.25. The van der Waals surface area contributed by atoms with E-state index in [1.807, 2.05) is 0 Å². The third-order valence-electron chi connectivity index (χ3n) is 2.71. The van der Waals surface area contributed by atoms with Gasteiger partial charge in [-0.1, -0.05) is 34.1 Å². The zero-order valence-electron chi connectivity index (χ0n) is 10.1. The lowest BCUT2D eigenvalue weighted by Gasteiger charge is -2.15. The second-order valence-corrected chi connectivity index (χ2v) is 5.05. The summed E-state index contributed by atoms with van der Waals surface area (Å²) in [7, 11) is 0. The molecule has 1 N–H and O–H groups in total. The summed E-state index contributed by atoms with van der Waals surface area (Å²) in [6.45, 7) is -0.0216. The number of hydrogen-bond acceptors (Lipinski definition) is 1. The predicted octanol–water partition coefficient (Wildman–Crippen LogP) is 5.22. The van der Waals surface area contributed by atoms with E-state index < -0.39 is 17.6 Å². The smallest absolute Gasteiger partial charge is 0.380 e. The fourth-order valence-electron chi connectivity index (χ4n) is 1.74. The van der Waals surface area contributed by atoms with Crippen LogP contribution in [0.1, 0.15) is 11.1 Å². The molecule has 0 heterocycles. The number of halogens is 5. The summed E-state index contributed by atoms with van der Waals surface area (Å²) in [6, 6.07) is 9.56. The first-order valence-corrected chi connectivity index (χ1v) is 6.51. The first-order valence-electron chi connectivity index (χ1n) is 5.72. The van der Waals surface area contributed by atoms with Gasteiger partial charge in [-0.2, -0.15) is 13.2 Å². The van der Waals surface area contributed by atoms with Gasteiger partial charge >= 0.3 is 6.18 Å². The largest absolute Gasteiger partial charge is 0.418 e. The van der Waals surface area contributed by atoms with E-state index in [1.165, 1.54) is 30.3 Å². The molecule has 6 heteroatoms. The van der Waals surface area contributed by atoms with Gasteiger partial charge in [0.1, 0.15) is 5.82 Å². The summed E-state index contributed by atoms with van der Waals surface area (Å²) in [5.41, 5.74) is -0.562. The van der Waals surface area contributed by atoms with Crippen LogP contribution >= 0.6 is 15.9 Å². The molecule has 0 fully saturated rings. The van der Waals surface area contributed by atoms with E-state index in [1.54, 1.807) is 6.07 Å². The van der Waals surface area contributed by atoms with Crippen molar-refractivity contribution in [3.8, 4) is 0 Å². The minimum Gasteiger partial charge on any atom is -0.380 e. The van der Waals surface area contributed by atoms with Gasteiger partial charge in [0.2, 0.25) is 0 Å². The van der Waals surface area contributed by atoms with E-state index in [0.29, 0.717) is 10.0 Å². The molecule has 0 saturated heterocycles. The quantitative estimate of drug-likeness (QED) is 0.750. The molecule has 0 aliphatic carbocycles. The maximum Gasteiger partial charge on any atom is 0.418 e. The molecule has 2 rings (SSSR count). The van der Waals surface area contributed by atoms with Crippen LogP contribution in [0.4, 0.5) is 23.2 Å². The van der Waals surface area contributed by atoms with E-state index >= 15 is 0 Å².